The van der Waals surface area contributed by atoms with Crippen LogP contribution in [-0.2, 0) is 12.8 Å². The summed E-state index contributed by atoms with van der Waals surface area (Å²) in [6, 6.07) is 3.92. The molecule has 2 aromatic rings. The lowest BCUT2D eigenvalue weighted by Crippen LogP contribution is -2.41. The van der Waals surface area contributed by atoms with Gasteiger partial charge in [0.1, 0.15) is 5.76 Å². The second kappa shape index (κ2) is 9.35. The summed E-state index contributed by atoms with van der Waals surface area (Å²) in [6.45, 7) is 6.90. The fourth-order valence-corrected chi connectivity index (χ4v) is 2.69. The number of hydrogen-bond acceptors (Lipinski definition) is 4. The molecule has 0 aliphatic rings. The van der Waals surface area contributed by atoms with Crippen molar-refractivity contribution in [1.29, 1.82) is 0 Å². The van der Waals surface area contributed by atoms with Gasteiger partial charge >= 0.3 is 0 Å². The van der Waals surface area contributed by atoms with Crippen molar-refractivity contribution in [1.82, 2.24) is 15.2 Å². The molecule has 0 aromatic carbocycles. The lowest BCUT2D eigenvalue weighted by Gasteiger charge is -2.22. The topological polar surface area (TPSA) is 53.7 Å². The van der Waals surface area contributed by atoms with Crippen LogP contribution in [0, 0.1) is 5.92 Å². The fraction of sp³-hybridized carbons (Fsp3) is 0.529. The van der Waals surface area contributed by atoms with Crippen molar-refractivity contribution in [3.05, 3.63) is 40.7 Å². The summed E-state index contributed by atoms with van der Waals surface area (Å²) in [5.74, 6) is 2.48. The van der Waals surface area contributed by atoms with Gasteiger partial charge in [0.2, 0.25) is 0 Å². The fourth-order valence-electron chi connectivity index (χ4n) is 2.08. The first-order chi connectivity index (χ1) is 11.1. The van der Waals surface area contributed by atoms with E-state index in [9.17, 15) is 0 Å². The van der Waals surface area contributed by atoms with Crippen molar-refractivity contribution < 1.29 is 4.42 Å². The molecule has 0 aliphatic heterocycles. The third-order valence-electron chi connectivity index (χ3n) is 3.35. The van der Waals surface area contributed by atoms with Gasteiger partial charge in [-0.1, -0.05) is 13.8 Å². The molecule has 0 fully saturated rings. The summed E-state index contributed by atoms with van der Waals surface area (Å²) >= 11 is 1.70. The molecule has 0 amide bonds. The maximum absolute atomic E-state index is 5.37. The number of aliphatic imine (C=N–C) groups is 1. The van der Waals surface area contributed by atoms with Crippen LogP contribution in [0.15, 0.2) is 39.4 Å². The zero-order chi connectivity index (χ0) is 16.5. The Kier molecular flexibility index (Phi) is 7.13. The number of nitrogens with one attached hydrogen (secondary N) is 1. The third-order valence-corrected chi connectivity index (χ3v) is 4.19. The van der Waals surface area contributed by atoms with Gasteiger partial charge in [-0.2, -0.15) is 0 Å². The Morgan fingerprint density at radius 2 is 2.30 bits per heavy atom. The Labute approximate surface area is 142 Å². The summed E-state index contributed by atoms with van der Waals surface area (Å²) in [4.78, 5) is 11.2. The summed E-state index contributed by atoms with van der Waals surface area (Å²) in [7, 11) is 2.08. The van der Waals surface area contributed by atoms with Gasteiger partial charge in [0.25, 0.3) is 0 Å². The third kappa shape index (κ3) is 6.44. The quantitative estimate of drug-likeness (QED) is 0.595. The molecule has 0 radical (unpaired) electrons. The number of furan rings is 1. The predicted molar refractivity (Wildman–Crippen MR) is 96.0 cm³/mol. The zero-order valence-corrected chi connectivity index (χ0v) is 15.0. The van der Waals surface area contributed by atoms with E-state index < -0.39 is 0 Å². The molecule has 0 saturated heterocycles. The Hall–Kier alpha value is -1.82. The summed E-state index contributed by atoms with van der Waals surface area (Å²) in [6.07, 6.45) is 5.36. The van der Waals surface area contributed by atoms with Gasteiger partial charge < -0.3 is 14.6 Å². The smallest absolute Gasteiger partial charge is 0.193 e. The second-order valence-corrected chi connectivity index (χ2v) is 6.89. The highest BCUT2D eigenvalue weighted by Gasteiger charge is 2.08. The number of aromatic nitrogens is 1. The molecule has 2 rings (SSSR count). The van der Waals surface area contributed by atoms with Crippen molar-refractivity contribution in [2.75, 3.05) is 26.7 Å². The van der Waals surface area contributed by atoms with E-state index in [0.29, 0.717) is 5.92 Å². The molecule has 5 nitrogen and oxygen atoms in total. The van der Waals surface area contributed by atoms with E-state index in [2.05, 4.69) is 36.1 Å². The second-order valence-electron chi connectivity index (χ2n) is 5.91. The molecule has 0 atom stereocenters. The van der Waals surface area contributed by atoms with Crippen molar-refractivity contribution in [2.24, 2.45) is 10.9 Å². The number of guanidine groups is 1. The minimum Gasteiger partial charge on any atom is -0.469 e. The molecule has 0 unspecified atom stereocenters. The first kappa shape index (κ1) is 17.5. The highest BCUT2D eigenvalue weighted by atomic mass is 32.1. The van der Waals surface area contributed by atoms with Crippen molar-refractivity contribution in [3.63, 3.8) is 0 Å². The lowest BCUT2D eigenvalue weighted by atomic mass is 10.2. The maximum Gasteiger partial charge on any atom is 0.193 e. The average Bonchev–Trinajstić information content (AvgIpc) is 3.21. The van der Waals surface area contributed by atoms with Gasteiger partial charge in [-0.25, -0.2) is 4.98 Å². The molecule has 0 bridgehead atoms. The van der Waals surface area contributed by atoms with E-state index in [1.807, 2.05) is 23.7 Å². The highest BCUT2D eigenvalue weighted by Crippen LogP contribution is 2.06. The van der Waals surface area contributed by atoms with E-state index in [4.69, 9.17) is 9.41 Å². The molecule has 0 spiro atoms. The van der Waals surface area contributed by atoms with E-state index in [-0.39, 0.29) is 0 Å². The molecule has 1 N–H and O–H groups in total. The molecule has 126 valence electrons. The molecular formula is C17H26N4OS. The highest BCUT2D eigenvalue weighted by molar-refractivity contribution is 7.09. The van der Waals surface area contributed by atoms with Crippen molar-refractivity contribution >= 4 is 17.3 Å². The van der Waals surface area contributed by atoms with Crippen LogP contribution in [0.1, 0.15) is 24.6 Å². The lowest BCUT2D eigenvalue weighted by molar-refractivity contribution is 0.472. The number of nitrogens with zero attached hydrogens (tertiary/aromatic N) is 3. The van der Waals surface area contributed by atoms with E-state index >= 15 is 0 Å². The molecular weight excluding hydrogens is 308 g/mol. The molecule has 23 heavy (non-hydrogen) atoms. The van der Waals surface area contributed by atoms with E-state index in [1.165, 1.54) is 0 Å². The standard InChI is InChI=1S/C17H26N4OS/c1-14(2)13-20-17(19-8-6-15-5-4-11-22-15)21(3)10-7-16-18-9-12-23-16/h4-5,9,11-12,14H,6-8,10,13H2,1-3H3,(H,19,20). The maximum atomic E-state index is 5.37. The number of rotatable bonds is 8. The van der Waals surface area contributed by atoms with E-state index in [0.717, 1.165) is 49.2 Å². The van der Waals surface area contributed by atoms with Crippen LogP contribution in [0.3, 0.4) is 0 Å². The Bertz CT molecular complexity index is 563. The Morgan fingerprint density at radius 3 is 2.96 bits per heavy atom. The molecule has 0 saturated carbocycles. The summed E-state index contributed by atoms with van der Waals surface area (Å²) < 4.78 is 5.37. The van der Waals surface area contributed by atoms with Crippen LogP contribution in [-0.4, -0.2) is 42.5 Å². The van der Waals surface area contributed by atoms with Crippen molar-refractivity contribution in [2.45, 2.75) is 26.7 Å². The minimum atomic E-state index is 0.546. The minimum absolute atomic E-state index is 0.546. The Balaban J connectivity index is 1.85. The largest absolute Gasteiger partial charge is 0.469 e. The first-order valence-electron chi connectivity index (χ1n) is 8.05. The monoisotopic (exact) mass is 334 g/mol. The number of thiazole rings is 1. The summed E-state index contributed by atoms with van der Waals surface area (Å²) in [5, 5.41) is 6.62. The van der Waals surface area contributed by atoms with Gasteiger partial charge in [0.15, 0.2) is 5.96 Å². The van der Waals surface area contributed by atoms with Crippen LogP contribution in [0.4, 0.5) is 0 Å². The van der Waals surface area contributed by atoms with Crippen LogP contribution >= 0.6 is 11.3 Å². The molecule has 2 heterocycles. The SMILES string of the molecule is CC(C)CN=C(NCCc1ccco1)N(C)CCc1nccs1. The predicted octanol–water partition coefficient (Wildman–Crippen LogP) is 3.05. The van der Waals surface area contributed by atoms with Gasteiger partial charge in [-0.3, -0.25) is 4.99 Å². The van der Waals surface area contributed by atoms with Gasteiger partial charge in [-0.15, -0.1) is 11.3 Å². The Morgan fingerprint density at radius 1 is 1.43 bits per heavy atom. The first-order valence-corrected chi connectivity index (χ1v) is 8.93. The normalized spacial score (nSPS) is 11.9. The zero-order valence-electron chi connectivity index (χ0n) is 14.2. The van der Waals surface area contributed by atoms with Gasteiger partial charge in [0.05, 0.1) is 11.3 Å². The van der Waals surface area contributed by atoms with Crippen LogP contribution in [0.2, 0.25) is 0 Å². The molecule has 6 heteroatoms. The number of likely N-dealkylation sites (N-methyl/N-ethyl adjacent to an activating group) is 1. The van der Waals surface area contributed by atoms with E-state index in [1.54, 1.807) is 17.6 Å². The average molecular weight is 334 g/mol. The van der Waals surface area contributed by atoms with Crippen LogP contribution in [0.5, 0.6) is 0 Å². The molecule has 2 aromatic heterocycles. The van der Waals surface area contributed by atoms with Gasteiger partial charge in [0, 0.05) is 51.1 Å². The van der Waals surface area contributed by atoms with Gasteiger partial charge in [-0.05, 0) is 18.1 Å². The van der Waals surface area contributed by atoms with Crippen LogP contribution < -0.4 is 5.32 Å². The van der Waals surface area contributed by atoms with Crippen molar-refractivity contribution in [3.8, 4) is 0 Å². The number of hydrogen-bond donors (Lipinski definition) is 1. The summed E-state index contributed by atoms with van der Waals surface area (Å²) in [5.41, 5.74) is 0. The molecule has 0 aliphatic carbocycles. The van der Waals surface area contributed by atoms with Crippen LogP contribution in [0.25, 0.3) is 0 Å².